The van der Waals surface area contributed by atoms with Crippen LogP contribution in [0.1, 0.15) is 21.6 Å². The van der Waals surface area contributed by atoms with Crippen molar-refractivity contribution in [2.45, 2.75) is 19.5 Å². The second kappa shape index (κ2) is 7.60. The van der Waals surface area contributed by atoms with Gasteiger partial charge in [0.15, 0.2) is 0 Å². The van der Waals surface area contributed by atoms with Crippen LogP contribution in [0.5, 0.6) is 0 Å². The van der Waals surface area contributed by atoms with E-state index < -0.39 is 5.97 Å². The van der Waals surface area contributed by atoms with Gasteiger partial charge in [-0.25, -0.2) is 4.79 Å². The van der Waals surface area contributed by atoms with Crippen LogP contribution in [0.25, 0.3) is 0 Å². The normalized spacial score (nSPS) is 10.6. The zero-order valence-corrected chi connectivity index (χ0v) is 13.9. The third-order valence-corrected chi connectivity index (χ3v) is 3.99. The molecule has 0 unspecified atom stereocenters. The number of aromatic nitrogens is 3. The van der Waals surface area contributed by atoms with E-state index in [1.807, 2.05) is 12.1 Å². The van der Waals surface area contributed by atoms with Crippen molar-refractivity contribution in [2.75, 3.05) is 0 Å². The third-order valence-electron chi connectivity index (χ3n) is 3.99. The minimum absolute atomic E-state index is 0.0753. The zero-order valence-electron chi connectivity index (χ0n) is 13.9. The molecule has 1 N–H and O–H groups in total. The smallest absolute Gasteiger partial charge is 0.337 e. The molecule has 3 aromatic heterocycles. The standard InChI is InChI=1S/C19H17N3O4/c23-17-3-1-2-9-21(17)13-16-6-4-14(11-20-16)8-10-22-12-15(19(25)26)5-7-18(22)24/h1-7,9,11-12H,8,10,13H2,(H,25,26). The molecule has 0 atom stereocenters. The summed E-state index contributed by atoms with van der Waals surface area (Å²) in [6.07, 6.45) is 5.30. The van der Waals surface area contributed by atoms with Crippen molar-refractivity contribution in [1.82, 2.24) is 14.1 Å². The molecule has 26 heavy (non-hydrogen) atoms. The second-order valence-corrected chi connectivity index (χ2v) is 5.83. The number of nitrogens with zero attached hydrogens (tertiary/aromatic N) is 3. The fourth-order valence-corrected chi connectivity index (χ4v) is 2.54. The fourth-order valence-electron chi connectivity index (χ4n) is 2.54. The summed E-state index contributed by atoms with van der Waals surface area (Å²) in [4.78, 5) is 38.9. The number of pyridine rings is 3. The first-order valence-corrected chi connectivity index (χ1v) is 8.06. The van der Waals surface area contributed by atoms with Gasteiger partial charge in [0.25, 0.3) is 11.1 Å². The summed E-state index contributed by atoms with van der Waals surface area (Å²) in [5, 5.41) is 9.01. The van der Waals surface area contributed by atoms with Crippen molar-refractivity contribution >= 4 is 5.97 Å². The Balaban J connectivity index is 1.68. The van der Waals surface area contributed by atoms with Crippen molar-refractivity contribution in [2.24, 2.45) is 0 Å². The van der Waals surface area contributed by atoms with Gasteiger partial charge in [-0.15, -0.1) is 0 Å². The van der Waals surface area contributed by atoms with Crippen LogP contribution in [0.4, 0.5) is 0 Å². The highest BCUT2D eigenvalue weighted by Gasteiger charge is 2.06. The van der Waals surface area contributed by atoms with Crippen molar-refractivity contribution in [3.8, 4) is 0 Å². The van der Waals surface area contributed by atoms with Crippen LogP contribution in [0.3, 0.4) is 0 Å². The summed E-state index contributed by atoms with van der Waals surface area (Å²) in [5.41, 5.74) is 1.42. The highest BCUT2D eigenvalue weighted by molar-refractivity contribution is 5.87. The Morgan fingerprint density at radius 3 is 2.50 bits per heavy atom. The number of aryl methyl sites for hydroxylation is 2. The van der Waals surface area contributed by atoms with Gasteiger partial charge in [-0.3, -0.25) is 14.6 Å². The maximum atomic E-state index is 11.8. The summed E-state index contributed by atoms with van der Waals surface area (Å²) in [6, 6.07) is 11.3. The molecule has 0 saturated carbocycles. The number of carboxylic acids is 1. The molecule has 0 aliphatic rings. The first-order valence-electron chi connectivity index (χ1n) is 8.06. The molecule has 0 fully saturated rings. The Hall–Kier alpha value is -3.48. The van der Waals surface area contributed by atoms with E-state index in [0.717, 1.165) is 11.3 Å². The van der Waals surface area contributed by atoms with Crippen LogP contribution in [-0.2, 0) is 19.5 Å². The second-order valence-electron chi connectivity index (χ2n) is 5.83. The maximum Gasteiger partial charge on any atom is 0.337 e. The van der Waals surface area contributed by atoms with E-state index in [1.54, 1.807) is 29.1 Å². The third kappa shape index (κ3) is 4.13. The molecular formula is C19H17N3O4. The van der Waals surface area contributed by atoms with E-state index >= 15 is 0 Å². The van der Waals surface area contributed by atoms with Gasteiger partial charge >= 0.3 is 5.97 Å². The SMILES string of the molecule is O=C(O)c1ccc(=O)n(CCc2ccc(Cn3ccccc3=O)nc2)c1. The minimum Gasteiger partial charge on any atom is -0.478 e. The molecule has 7 nitrogen and oxygen atoms in total. The number of carbonyl (C=O) groups is 1. The molecule has 7 heteroatoms. The first kappa shape index (κ1) is 17.3. The van der Waals surface area contributed by atoms with Crippen molar-refractivity contribution in [1.29, 1.82) is 0 Å². The van der Waals surface area contributed by atoms with Crippen LogP contribution < -0.4 is 11.1 Å². The van der Waals surface area contributed by atoms with Crippen LogP contribution in [0, 0.1) is 0 Å². The Morgan fingerprint density at radius 2 is 1.81 bits per heavy atom. The van der Waals surface area contributed by atoms with Crippen LogP contribution >= 0.6 is 0 Å². The minimum atomic E-state index is -1.07. The van der Waals surface area contributed by atoms with Crippen LogP contribution in [0.15, 0.2) is 70.6 Å². The molecule has 0 amide bonds. The van der Waals surface area contributed by atoms with Crippen molar-refractivity contribution in [3.63, 3.8) is 0 Å². The quantitative estimate of drug-likeness (QED) is 0.724. The van der Waals surface area contributed by atoms with E-state index in [9.17, 15) is 14.4 Å². The highest BCUT2D eigenvalue weighted by Crippen LogP contribution is 2.04. The summed E-state index contributed by atoms with van der Waals surface area (Å²) in [5.74, 6) is -1.07. The molecule has 0 radical (unpaired) electrons. The predicted molar refractivity (Wildman–Crippen MR) is 95.4 cm³/mol. The summed E-state index contributed by atoms with van der Waals surface area (Å²) >= 11 is 0. The molecule has 0 aliphatic carbocycles. The fraction of sp³-hybridized carbons (Fsp3) is 0.158. The topological polar surface area (TPSA) is 94.2 Å². The summed E-state index contributed by atoms with van der Waals surface area (Å²) in [7, 11) is 0. The molecular weight excluding hydrogens is 334 g/mol. The maximum absolute atomic E-state index is 11.8. The number of carboxylic acid groups (broad SMARTS) is 1. The predicted octanol–water partition coefficient (Wildman–Crippen LogP) is 1.39. The Morgan fingerprint density at radius 1 is 1.00 bits per heavy atom. The van der Waals surface area contributed by atoms with E-state index in [4.69, 9.17) is 5.11 Å². The van der Waals surface area contributed by atoms with E-state index in [1.165, 1.54) is 29.0 Å². The lowest BCUT2D eigenvalue weighted by atomic mass is 10.2. The first-order chi connectivity index (χ1) is 12.5. The Bertz CT molecular complexity index is 1040. The largest absolute Gasteiger partial charge is 0.478 e. The molecule has 3 rings (SSSR count). The Kier molecular flexibility index (Phi) is 5.07. The van der Waals surface area contributed by atoms with Gasteiger partial charge < -0.3 is 14.2 Å². The van der Waals surface area contributed by atoms with E-state index in [0.29, 0.717) is 19.5 Å². The van der Waals surface area contributed by atoms with E-state index in [-0.39, 0.29) is 16.7 Å². The number of hydrogen-bond acceptors (Lipinski definition) is 4. The molecule has 132 valence electrons. The summed E-state index contributed by atoms with van der Waals surface area (Å²) in [6.45, 7) is 0.749. The number of hydrogen-bond donors (Lipinski definition) is 1. The molecule has 3 aromatic rings. The van der Waals surface area contributed by atoms with Gasteiger partial charge in [-0.05, 0) is 30.2 Å². The summed E-state index contributed by atoms with van der Waals surface area (Å²) < 4.78 is 2.94. The van der Waals surface area contributed by atoms with Gasteiger partial charge in [0.1, 0.15) is 0 Å². The van der Waals surface area contributed by atoms with Gasteiger partial charge in [-0.2, -0.15) is 0 Å². The van der Waals surface area contributed by atoms with E-state index in [2.05, 4.69) is 4.98 Å². The van der Waals surface area contributed by atoms with Crippen molar-refractivity contribution < 1.29 is 9.90 Å². The molecule has 0 spiro atoms. The molecule has 0 saturated heterocycles. The number of rotatable bonds is 6. The van der Waals surface area contributed by atoms with Crippen molar-refractivity contribution in [3.05, 3.63) is 98.6 Å². The Labute approximate surface area is 148 Å². The lowest BCUT2D eigenvalue weighted by molar-refractivity contribution is 0.0696. The lowest BCUT2D eigenvalue weighted by Crippen LogP contribution is -2.21. The molecule has 0 aliphatic heterocycles. The average molecular weight is 351 g/mol. The monoisotopic (exact) mass is 351 g/mol. The van der Waals surface area contributed by atoms with Gasteiger partial charge in [0, 0.05) is 37.3 Å². The lowest BCUT2D eigenvalue weighted by Gasteiger charge is -2.08. The average Bonchev–Trinajstić information content (AvgIpc) is 2.64. The molecule has 3 heterocycles. The molecule has 0 bridgehead atoms. The van der Waals surface area contributed by atoms with Crippen LogP contribution in [-0.4, -0.2) is 25.2 Å². The number of aromatic carboxylic acids is 1. The van der Waals surface area contributed by atoms with Crippen LogP contribution in [0.2, 0.25) is 0 Å². The van der Waals surface area contributed by atoms with Gasteiger partial charge in [0.2, 0.25) is 0 Å². The van der Waals surface area contributed by atoms with Gasteiger partial charge in [-0.1, -0.05) is 12.1 Å². The molecule has 0 aromatic carbocycles. The zero-order chi connectivity index (χ0) is 18.5. The van der Waals surface area contributed by atoms with Gasteiger partial charge in [0.05, 0.1) is 17.8 Å². The highest BCUT2D eigenvalue weighted by atomic mass is 16.4.